The summed E-state index contributed by atoms with van der Waals surface area (Å²) >= 11 is 0. The first-order valence-electron chi connectivity index (χ1n) is 26.6. The molecule has 0 saturated heterocycles. The minimum absolute atomic E-state index is 0. The normalized spacial score (nSPS) is 11.2. The smallest absolute Gasteiger partial charge is 0.0196 e. The Bertz CT molecular complexity index is 3290. The summed E-state index contributed by atoms with van der Waals surface area (Å²) in [5.41, 5.74) is 23.2. The molecule has 0 amide bonds. The van der Waals surface area contributed by atoms with Crippen LogP contribution in [0.25, 0.3) is 43.9 Å². The molecule has 0 spiro atoms. The summed E-state index contributed by atoms with van der Waals surface area (Å²) in [7, 11) is 0. The molecule has 0 N–H and O–H groups in total. The number of aryl methyl sites for hydroxylation is 6. The molecule has 4 nitrogen and oxygen atoms in total. The van der Waals surface area contributed by atoms with Gasteiger partial charge in [-0.1, -0.05) is 222 Å². The number of pyridine rings is 2. The maximum absolute atomic E-state index is 5.62. The first kappa shape index (κ1) is 73.5. The Balaban J connectivity index is 0.000000749. The predicted octanol–water partition coefficient (Wildman–Crippen LogP) is 22.6. The molecule has 9 aromatic rings. The van der Waals surface area contributed by atoms with Crippen LogP contribution < -0.4 is 0 Å². The van der Waals surface area contributed by atoms with E-state index < -0.39 is 0 Å². The molecule has 2 atom stereocenters. The van der Waals surface area contributed by atoms with Crippen molar-refractivity contribution in [3.8, 4) is 22.5 Å². The molecular weight excluding hydrogens is 1310 g/mol. The number of hydrogen-bond donors (Lipinski definition) is 0. The van der Waals surface area contributed by atoms with Gasteiger partial charge in [-0.15, -0.1) is 76.4 Å². The molecule has 2 heterocycles. The van der Waals surface area contributed by atoms with E-state index >= 15 is 0 Å². The number of fused-ring (bicyclic) bond motifs is 1. The van der Waals surface area contributed by atoms with Crippen molar-refractivity contribution in [2.45, 2.75) is 140 Å². The number of benzene rings is 7. The van der Waals surface area contributed by atoms with Crippen LogP contribution in [0.2, 0.25) is 0 Å². The van der Waals surface area contributed by atoms with Crippen LogP contribution in [-0.4, -0.2) is 9.97 Å². The maximum Gasteiger partial charge on any atom is 0.0196 e. The monoisotopic (exact) mass is 1410 g/mol. The van der Waals surface area contributed by atoms with E-state index in [4.69, 9.17) is 20.6 Å². The second-order valence-electron chi connectivity index (χ2n) is 21.5. The van der Waals surface area contributed by atoms with Crippen molar-refractivity contribution in [1.29, 1.82) is 0 Å². The molecule has 0 aliphatic rings. The van der Waals surface area contributed by atoms with Gasteiger partial charge in [0.1, 0.15) is 0 Å². The van der Waals surface area contributed by atoms with Gasteiger partial charge in [-0.3, -0.25) is 0 Å². The molecule has 0 aliphatic carbocycles. The van der Waals surface area contributed by atoms with Crippen LogP contribution in [0.4, 0.5) is 11.4 Å². The fraction of sp³-hybridized carbons (Fsp3) is 0.280. The third-order valence-corrected chi connectivity index (χ3v) is 14.3. The second kappa shape index (κ2) is 32.9. The minimum Gasteiger partial charge on any atom is -0.673 e. The van der Waals surface area contributed by atoms with Crippen LogP contribution in [0.3, 0.4) is 0 Å². The van der Waals surface area contributed by atoms with Gasteiger partial charge in [0, 0.05) is 63.1 Å². The van der Waals surface area contributed by atoms with Crippen LogP contribution in [0.15, 0.2) is 158 Å². The zero-order chi connectivity index (χ0) is 52.8. The molecular formula is C75H90Hf2N4-8. The number of nitrogens with zero attached hydrogens (tertiary/aromatic N) is 4. The summed E-state index contributed by atoms with van der Waals surface area (Å²) in [5, 5.41) is 13.5. The van der Waals surface area contributed by atoms with E-state index in [1.807, 2.05) is 24.3 Å². The van der Waals surface area contributed by atoms with E-state index in [1.165, 1.54) is 72.1 Å². The van der Waals surface area contributed by atoms with Crippen LogP contribution in [0, 0.1) is 83.4 Å². The van der Waals surface area contributed by atoms with Gasteiger partial charge in [-0.2, -0.15) is 0 Å². The van der Waals surface area contributed by atoms with E-state index in [9.17, 15) is 0 Å². The average Bonchev–Trinajstić information content (AvgIpc) is 3.37. The Labute approximate surface area is 530 Å². The molecule has 81 heavy (non-hydrogen) atoms. The Hall–Kier alpha value is -5.56. The maximum atomic E-state index is 5.62. The molecule has 2 aromatic heterocycles. The van der Waals surface area contributed by atoms with Crippen LogP contribution >= 0.6 is 0 Å². The van der Waals surface area contributed by atoms with Crippen LogP contribution in [0.1, 0.15) is 177 Å². The summed E-state index contributed by atoms with van der Waals surface area (Å²) in [6.07, 6.45) is 0. The summed E-state index contributed by atoms with van der Waals surface area (Å²) in [6, 6.07) is 61.9. The van der Waals surface area contributed by atoms with Crippen LogP contribution in [-0.2, 0) is 51.7 Å². The Kier molecular flexibility index (Phi) is 29.9. The quantitative estimate of drug-likeness (QED) is 0.0805. The fourth-order valence-electron chi connectivity index (χ4n) is 10.8. The minimum atomic E-state index is -0.224. The van der Waals surface area contributed by atoms with Gasteiger partial charge < -0.3 is 50.3 Å². The van der Waals surface area contributed by atoms with Crippen molar-refractivity contribution < 1.29 is 51.7 Å². The second-order valence-corrected chi connectivity index (χ2v) is 21.5. The fourth-order valence-corrected chi connectivity index (χ4v) is 10.8. The Morgan fingerprint density at radius 2 is 0.778 bits per heavy atom. The van der Waals surface area contributed by atoms with E-state index in [0.717, 1.165) is 50.7 Å². The molecule has 9 rings (SSSR count). The molecule has 0 bridgehead atoms. The van der Waals surface area contributed by atoms with Crippen molar-refractivity contribution in [2.24, 2.45) is 0 Å². The average molecular weight is 1400 g/mol. The first-order valence-corrected chi connectivity index (χ1v) is 26.6. The van der Waals surface area contributed by atoms with Gasteiger partial charge >= 0.3 is 0 Å². The van der Waals surface area contributed by atoms with Gasteiger partial charge in [0.2, 0.25) is 0 Å². The molecule has 0 radical (unpaired) electrons. The van der Waals surface area contributed by atoms with E-state index in [0.29, 0.717) is 23.7 Å². The van der Waals surface area contributed by atoms with Gasteiger partial charge in [-0.05, 0) is 123 Å². The topological polar surface area (TPSA) is 54.0 Å². The third-order valence-electron chi connectivity index (χ3n) is 14.3. The van der Waals surface area contributed by atoms with Gasteiger partial charge in [-0.25, -0.2) is 0 Å². The van der Waals surface area contributed by atoms with Crippen LogP contribution in [0.5, 0.6) is 0 Å². The molecule has 0 aliphatic heterocycles. The Morgan fingerprint density at radius 3 is 1.19 bits per heavy atom. The van der Waals surface area contributed by atoms with E-state index in [2.05, 4.69) is 243 Å². The van der Waals surface area contributed by atoms with E-state index in [-0.39, 0.29) is 101 Å². The molecule has 426 valence electrons. The van der Waals surface area contributed by atoms with Gasteiger partial charge in [0.15, 0.2) is 0 Å². The van der Waals surface area contributed by atoms with Crippen molar-refractivity contribution in [1.82, 2.24) is 9.97 Å². The molecule has 2 unspecified atom stereocenters. The van der Waals surface area contributed by atoms with Crippen molar-refractivity contribution in [2.75, 3.05) is 0 Å². The van der Waals surface area contributed by atoms with Crippen molar-refractivity contribution in [3.05, 3.63) is 288 Å². The largest absolute Gasteiger partial charge is 0.673 e. The van der Waals surface area contributed by atoms with Gasteiger partial charge in [0.05, 0.1) is 0 Å². The standard InChI is InChI=1S/C37H38N2.C33H36N2.CH4.4CH3.2Hf/c1-23(2)29-16-11-17-30(24(3)4)36(29)39-37(35-26(6)21-25(5)22-27(35)7)34-20-12-19-33(38-34)32-18-10-14-28-13-8-9-15-31(28)32;1-21(2)27-15-11-16-28(22(3)4)32(27)35-33(31-24(6)19-23(5)20-25(31)7)30-18-12-17-29(34-30)26-13-9-8-10-14-26;;;;;;;/h8-17,19-24,37H,1-7H3;8-13,15-22,33H,1-7H3;1H4;4*1H3;;/q2*-2;;4*-1;;. The SMILES string of the molecule is C.Cc1cc(C)c(C([N-]c2c(C(C)C)cccc2C(C)C)c2cccc(-c3[c-]ccc4ccccc34)n2)c(C)c1.Cc1cc(C)c(C([N-]c2c(C(C)C)cccc2C(C)C)c2cccc(-c3[c-]cccc3)n2)c(C)c1.[CH3-].[CH3-].[CH3-].[CH3-].[Hf].[Hf]. The van der Waals surface area contributed by atoms with Crippen molar-refractivity contribution >= 4 is 22.1 Å². The molecule has 0 saturated carbocycles. The summed E-state index contributed by atoms with van der Waals surface area (Å²) in [6.45, 7) is 31.2. The van der Waals surface area contributed by atoms with Gasteiger partial charge in [0.25, 0.3) is 0 Å². The van der Waals surface area contributed by atoms with Crippen molar-refractivity contribution in [3.63, 3.8) is 0 Å². The molecule has 7 aromatic carbocycles. The number of para-hydroxylation sites is 2. The molecule has 0 fully saturated rings. The number of rotatable bonds is 14. The zero-order valence-corrected chi connectivity index (χ0v) is 58.4. The summed E-state index contributed by atoms with van der Waals surface area (Å²) in [5.74, 6) is 1.50. The summed E-state index contributed by atoms with van der Waals surface area (Å²) < 4.78 is 0. The number of aromatic nitrogens is 2. The van der Waals surface area contributed by atoms with E-state index in [1.54, 1.807) is 0 Å². The Morgan fingerprint density at radius 1 is 0.395 bits per heavy atom. The summed E-state index contributed by atoms with van der Waals surface area (Å²) in [4.78, 5) is 10.4. The first-order chi connectivity index (χ1) is 35.5. The zero-order valence-electron chi connectivity index (χ0n) is 51.3. The number of hydrogen-bond acceptors (Lipinski definition) is 2. The predicted molar refractivity (Wildman–Crippen MR) is 347 cm³/mol. The third kappa shape index (κ3) is 17.0. The molecule has 6 heteroatoms.